The van der Waals surface area contributed by atoms with E-state index in [9.17, 15) is 4.79 Å². The minimum atomic E-state index is -0.0673. The first-order valence-corrected chi connectivity index (χ1v) is 8.60. The normalized spacial score (nSPS) is 13.9. The fraction of sp³-hybridized carbons (Fsp3) is 0.350. The van der Waals surface area contributed by atoms with Crippen LogP contribution in [-0.2, 0) is 6.42 Å². The van der Waals surface area contributed by atoms with Crippen molar-refractivity contribution in [3.8, 4) is 5.75 Å². The molecule has 0 aliphatic heterocycles. The lowest BCUT2D eigenvalue weighted by atomic mass is 10.1. The molecule has 1 aliphatic carbocycles. The first kappa shape index (κ1) is 19.1. The maximum Gasteiger partial charge on any atom is 0.251 e. The molecule has 134 valence electrons. The van der Waals surface area contributed by atoms with Gasteiger partial charge in [-0.05, 0) is 68.0 Å². The highest BCUT2D eigenvalue weighted by Crippen LogP contribution is 2.24. The lowest BCUT2D eigenvalue weighted by molar-refractivity contribution is 0.0953. The minimum Gasteiger partial charge on any atom is -0.490 e. The van der Waals surface area contributed by atoms with E-state index >= 15 is 0 Å². The summed E-state index contributed by atoms with van der Waals surface area (Å²) >= 11 is 0. The van der Waals surface area contributed by atoms with Gasteiger partial charge in [-0.1, -0.05) is 18.2 Å². The van der Waals surface area contributed by atoms with Gasteiger partial charge in [-0.2, -0.15) is 0 Å². The number of halogens is 1. The molecule has 3 rings (SSSR count). The molecule has 0 unspecified atom stereocenters. The summed E-state index contributed by atoms with van der Waals surface area (Å²) in [6.45, 7) is 0.594. The molecule has 0 radical (unpaired) electrons. The van der Waals surface area contributed by atoms with E-state index in [1.807, 2.05) is 48.5 Å². The summed E-state index contributed by atoms with van der Waals surface area (Å²) < 4.78 is 5.96. The number of anilines is 1. The molecule has 0 atom stereocenters. The Kier molecular flexibility index (Phi) is 7.14. The first-order chi connectivity index (χ1) is 11.7. The van der Waals surface area contributed by atoms with Crippen molar-refractivity contribution in [3.63, 3.8) is 0 Å². The Morgan fingerprint density at radius 1 is 1.12 bits per heavy atom. The Morgan fingerprint density at radius 3 is 2.56 bits per heavy atom. The van der Waals surface area contributed by atoms with Crippen LogP contribution < -0.4 is 15.8 Å². The quantitative estimate of drug-likeness (QED) is 0.766. The van der Waals surface area contributed by atoms with Crippen LogP contribution in [0.2, 0.25) is 0 Å². The number of nitrogens with one attached hydrogen (secondary N) is 1. The third kappa shape index (κ3) is 5.68. The Morgan fingerprint density at radius 2 is 1.84 bits per heavy atom. The van der Waals surface area contributed by atoms with Gasteiger partial charge in [0.05, 0.1) is 6.10 Å². The smallest absolute Gasteiger partial charge is 0.251 e. The summed E-state index contributed by atoms with van der Waals surface area (Å²) in [7, 11) is 0. The van der Waals surface area contributed by atoms with E-state index in [4.69, 9.17) is 10.5 Å². The lowest BCUT2D eigenvalue weighted by Crippen LogP contribution is -2.25. The number of amides is 1. The van der Waals surface area contributed by atoms with E-state index in [0.717, 1.165) is 36.3 Å². The second-order valence-corrected chi connectivity index (χ2v) is 6.30. The monoisotopic (exact) mass is 360 g/mol. The molecule has 1 fully saturated rings. The van der Waals surface area contributed by atoms with Gasteiger partial charge in [0.1, 0.15) is 5.75 Å². The van der Waals surface area contributed by atoms with Crippen LogP contribution in [0.15, 0.2) is 48.5 Å². The molecule has 2 aromatic carbocycles. The fourth-order valence-corrected chi connectivity index (χ4v) is 3.02. The van der Waals surface area contributed by atoms with Gasteiger partial charge in [0.15, 0.2) is 0 Å². The van der Waals surface area contributed by atoms with Crippen molar-refractivity contribution in [2.45, 2.75) is 38.2 Å². The number of nitrogens with two attached hydrogens (primary N) is 1. The number of benzene rings is 2. The number of carbonyl (C=O) groups is 1. The van der Waals surface area contributed by atoms with Crippen LogP contribution in [0.25, 0.3) is 0 Å². The molecule has 0 heterocycles. The molecule has 3 N–H and O–H groups in total. The highest BCUT2D eigenvalue weighted by atomic mass is 35.5. The summed E-state index contributed by atoms with van der Waals surface area (Å²) in [4.78, 5) is 12.3. The molecule has 5 heteroatoms. The summed E-state index contributed by atoms with van der Waals surface area (Å²) in [5.41, 5.74) is 8.22. The number of carbonyl (C=O) groups excluding carboxylic acids is 1. The van der Waals surface area contributed by atoms with Gasteiger partial charge < -0.3 is 15.8 Å². The fourth-order valence-electron chi connectivity index (χ4n) is 3.02. The van der Waals surface area contributed by atoms with Crippen molar-refractivity contribution in [1.82, 2.24) is 5.32 Å². The van der Waals surface area contributed by atoms with Gasteiger partial charge in [-0.3, -0.25) is 4.79 Å². The van der Waals surface area contributed by atoms with Crippen molar-refractivity contribution in [3.05, 3.63) is 59.7 Å². The Hall–Kier alpha value is -2.20. The highest BCUT2D eigenvalue weighted by molar-refractivity contribution is 5.94. The van der Waals surface area contributed by atoms with Crippen LogP contribution in [0.3, 0.4) is 0 Å². The molecular weight excluding hydrogens is 336 g/mol. The third-order valence-electron chi connectivity index (χ3n) is 4.38. The number of rotatable bonds is 6. The number of ether oxygens (including phenoxy) is 1. The third-order valence-corrected chi connectivity index (χ3v) is 4.38. The Bertz CT molecular complexity index is 682. The molecule has 4 nitrogen and oxygen atoms in total. The molecule has 1 saturated carbocycles. The summed E-state index contributed by atoms with van der Waals surface area (Å²) in [5, 5.41) is 2.96. The van der Waals surface area contributed by atoms with E-state index in [1.54, 1.807) is 0 Å². The molecule has 0 bridgehead atoms. The van der Waals surface area contributed by atoms with Crippen LogP contribution >= 0.6 is 12.4 Å². The molecule has 0 saturated heterocycles. The van der Waals surface area contributed by atoms with Crippen LogP contribution in [0, 0.1) is 0 Å². The van der Waals surface area contributed by atoms with E-state index in [2.05, 4.69) is 5.32 Å². The molecular formula is C20H25ClN2O2. The van der Waals surface area contributed by atoms with Crippen LogP contribution in [0.4, 0.5) is 5.69 Å². The summed E-state index contributed by atoms with van der Waals surface area (Å²) in [5.74, 6) is 0.718. The zero-order valence-electron chi connectivity index (χ0n) is 14.2. The maximum atomic E-state index is 12.3. The number of hydrogen-bond donors (Lipinski definition) is 2. The Balaban J connectivity index is 0.00000225. The van der Waals surface area contributed by atoms with E-state index in [1.165, 1.54) is 12.8 Å². The predicted molar refractivity (Wildman–Crippen MR) is 103 cm³/mol. The predicted octanol–water partition coefficient (Wildman–Crippen LogP) is 3.98. The highest BCUT2D eigenvalue weighted by Gasteiger charge is 2.17. The van der Waals surface area contributed by atoms with Gasteiger partial charge in [-0.25, -0.2) is 0 Å². The Labute approximate surface area is 155 Å². The van der Waals surface area contributed by atoms with Crippen LogP contribution in [0.1, 0.15) is 41.6 Å². The average molecular weight is 361 g/mol. The van der Waals surface area contributed by atoms with Gasteiger partial charge >= 0.3 is 0 Å². The standard InChI is InChI=1S/C20H24N2O2.ClH/c21-17-10-8-15(9-11-17)12-13-22-20(23)16-4-3-7-19(14-16)24-18-5-1-2-6-18;/h3-4,7-11,14,18H,1-2,5-6,12-13,21H2,(H,22,23);1H. The van der Waals surface area contributed by atoms with Crippen LogP contribution in [0.5, 0.6) is 5.75 Å². The van der Waals surface area contributed by atoms with E-state index in [0.29, 0.717) is 18.2 Å². The van der Waals surface area contributed by atoms with Crippen molar-refractivity contribution in [2.75, 3.05) is 12.3 Å². The SMILES string of the molecule is Cl.Nc1ccc(CCNC(=O)c2cccc(OC3CCCC3)c2)cc1. The lowest BCUT2D eigenvalue weighted by Gasteiger charge is -2.13. The molecule has 25 heavy (non-hydrogen) atoms. The van der Waals surface area contributed by atoms with Gasteiger partial charge in [0.2, 0.25) is 0 Å². The minimum absolute atomic E-state index is 0. The van der Waals surface area contributed by atoms with Gasteiger partial charge in [0, 0.05) is 17.8 Å². The summed E-state index contributed by atoms with van der Waals surface area (Å²) in [6.07, 6.45) is 5.76. The van der Waals surface area contributed by atoms with Gasteiger partial charge in [-0.15, -0.1) is 12.4 Å². The van der Waals surface area contributed by atoms with E-state index in [-0.39, 0.29) is 18.3 Å². The van der Waals surface area contributed by atoms with E-state index < -0.39 is 0 Å². The van der Waals surface area contributed by atoms with Crippen molar-refractivity contribution in [2.24, 2.45) is 0 Å². The molecule has 0 aromatic heterocycles. The number of hydrogen-bond acceptors (Lipinski definition) is 3. The topological polar surface area (TPSA) is 64.3 Å². The second-order valence-electron chi connectivity index (χ2n) is 6.30. The first-order valence-electron chi connectivity index (χ1n) is 8.60. The van der Waals surface area contributed by atoms with Gasteiger partial charge in [0.25, 0.3) is 5.91 Å². The molecule has 1 amide bonds. The zero-order chi connectivity index (χ0) is 16.8. The van der Waals surface area contributed by atoms with Crippen molar-refractivity contribution >= 4 is 24.0 Å². The number of nitrogen functional groups attached to an aromatic ring is 1. The largest absolute Gasteiger partial charge is 0.490 e. The molecule has 1 aliphatic rings. The average Bonchev–Trinajstić information content (AvgIpc) is 3.10. The maximum absolute atomic E-state index is 12.3. The van der Waals surface area contributed by atoms with Crippen molar-refractivity contribution in [1.29, 1.82) is 0 Å². The zero-order valence-corrected chi connectivity index (χ0v) is 15.1. The summed E-state index contributed by atoms with van der Waals surface area (Å²) in [6, 6.07) is 15.2. The second kappa shape index (κ2) is 9.33. The van der Waals surface area contributed by atoms with Crippen LogP contribution in [-0.4, -0.2) is 18.6 Å². The molecule has 2 aromatic rings. The van der Waals surface area contributed by atoms with Crippen molar-refractivity contribution < 1.29 is 9.53 Å². The molecule has 0 spiro atoms.